The molecule has 1 aromatic rings. The number of aliphatic carboxylic acids is 2. The molecule has 9 nitrogen and oxygen atoms in total. The molecular formula is C25H40N2O7. The first-order valence-electron chi connectivity index (χ1n) is 11.6. The fraction of sp³-hybridized carbons (Fsp3) is 0.600. The molecule has 2 fully saturated rings. The molecule has 0 bridgehead atoms. The highest BCUT2D eigenvalue weighted by Gasteiger charge is 2.37. The summed E-state index contributed by atoms with van der Waals surface area (Å²) >= 11 is 0. The fourth-order valence-electron chi connectivity index (χ4n) is 3.74. The first-order valence-corrected chi connectivity index (χ1v) is 11.6. The molecule has 2 saturated heterocycles. The quantitative estimate of drug-likeness (QED) is 0.506. The number of nitrogens with one attached hydrogen (secondary N) is 1. The summed E-state index contributed by atoms with van der Waals surface area (Å²) in [6.45, 7) is 17.0. The van der Waals surface area contributed by atoms with Crippen molar-refractivity contribution in [3.8, 4) is 11.5 Å². The number of piperidine rings is 1. The molecule has 0 atom stereocenters. The maximum absolute atomic E-state index is 9.00. The van der Waals surface area contributed by atoms with Gasteiger partial charge in [-0.1, -0.05) is 12.6 Å². The van der Waals surface area contributed by atoms with Crippen LogP contribution in [0.2, 0.25) is 0 Å². The van der Waals surface area contributed by atoms with Crippen molar-refractivity contribution in [2.24, 2.45) is 0 Å². The molecule has 1 spiro atoms. The van der Waals surface area contributed by atoms with E-state index in [0.717, 1.165) is 83.1 Å². The van der Waals surface area contributed by atoms with E-state index in [4.69, 9.17) is 34.0 Å². The lowest BCUT2D eigenvalue weighted by Gasteiger charge is -2.45. The minimum Gasteiger partial charge on any atom is -0.490 e. The zero-order valence-electron chi connectivity index (χ0n) is 20.9. The maximum Gasteiger partial charge on any atom is 0.300 e. The Balaban J connectivity index is 0.000000629. The van der Waals surface area contributed by atoms with Gasteiger partial charge in [0.05, 0.1) is 18.8 Å². The standard InChI is InChI=1S/C21H32N2O3.2C2H4O2/c1-4-24-20-13-18(5-6-19(20)25-15-17(2)3)14-23-11-12-26-21(16-23)7-9-22-10-8-21;2*1-2(3)4/h5-6,13,22H,2,4,7-12,14-16H2,1,3H3;2*1H3,(H,3,4). The van der Waals surface area contributed by atoms with Crippen molar-refractivity contribution in [2.45, 2.75) is 52.7 Å². The fourth-order valence-corrected chi connectivity index (χ4v) is 3.74. The van der Waals surface area contributed by atoms with Crippen LogP contribution in [0.1, 0.15) is 46.1 Å². The Hall–Kier alpha value is -2.62. The molecule has 0 unspecified atom stereocenters. The lowest BCUT2D eigenvalue weighted by atomic mass is 9.90. The summed E-state index contributed by atoms with van der Waals surface area (Å²) in [5, 5.41) is 18.3. The molecule has 9 heteroatoms. The lowest BCUT2D eigenvalue weighted by Crippen LogP contribution is -2.55. The molecule has 34 heavy (non-hydrogen) atoms. The van der Waals surface area contributed by atoms with Crippen LogP contribution in [0.5, 0.6) is 11.5 Å². The highest BCUT2D eigenvalue weighted by Crippen LogP contribution is 2.31. The van der Waals surface area contributed by atoms with E-state index >= 15 is 0 Å². The molecule has 0 aromatic heterocycles. The van der Waals surface area contributed by atoms with E-state index in [1.54, 1.807) is 0 Å². The van der Waals surface area contributed by atoms with Crippen molar-refractivity contribution < 1.29 is 34.0 Å². The van der Waals surface area contributed by atoms with Crippen LogP contribution in [-0.4, -0.2) is 78.7 Å². The molecule has 0 aliphatic carbocycles. The molecule has 2 heterocycles. The molecule has 1 aromatic carbocycles. The zero-order valence-corrected chi connectivity index (χ0v) is 20.9. The van der Waals surface area contributed by atoms with E-state index in [0.29, 0.717) is 13.2 Å². The molecule has 2 aliphatic heterocycles. The Morgan fingerprint density at radius 2 is 1.74 bits per heavy atom. The Morgan fingerprint density at radius 1 is 1.12 bits per heavy atom. The number of carbonyl (C=O) groups is 2. The molecule has 2 aliphatic rings. The van der Waals surface area contributed by atoms with Crippen LogP contribution in [0.4, 0.5) is 0 Å². The highest BCUT2D eigenvalue weighted by atomic mass is 16.5. The third kappa shape index (κ3) is 12.0. The summed E-state index contributed by atoms with van der Waals surface area (Å²) in [7, 11) is 0. The number of nitrogens with zero attached hydrogens (tertiary/aromatic N) is 1. The second-order valence-electron chi connectivity index (χ2n) is 8.49. The van der Waals surface area contributed by atoms with Crippen molar-refractivity contribution in [3.63, 3.8) is 0 Å². The van der Waals surface area contributed by atoms with Gasteiger partial charge >= 0.3 is 0 Å². The first-order chi connectivity index (χ1) is 16.1. The van der Waals surface area contributed by atoms with Gasteiger partial charge in [0.15, 0.2) is 11.5 Å². The van der Waals surface area contributed by atoms with E-state index in [1.165, 1.54) is 5.56 Å². The molecule has 0 amide bonds. The number of ether oxygens (including phenoxy) is 3. The van der Waals surface area contributed by atoms with Gasteiger partial charge in [-0.3, -0.25) is 14.5 Å². The van der Waals surface area contributed by atoms with Crippen LogP contribution in [0.15, 0.2) is 30.4 Å². The van der Waals surface area contributed by atoms with Gasteiger partial charge in [0.1, 0.15) is 6.61 Å². The summed E-state index contributed by atoms with van der Waals surface area (Å²) in [4.78, 5) is 20.5. The van der Waals surface area contributed by atoms with Gasteiger partial charge in [-0.25, -0.2) is 0 Å². The van der Waals surface area contributed by atoms with Crippen LogP contribution >= 0.6 is 0 Å². The summed E-state index contributed by atoms with van der Waals surface area (Å²) in [5.41, 5.74) is 2.29. The van der Waals surface area contributed by atoms with Crippen molar-refractivity contribution in [2.75, 3.05) is 46.0 Å². The molecule has 3 N–H and O–H groups in total. The van der Waals surface area contributed by atoms with Gasteiger partial charge in [-0.15, -0.1) is 0 Å². The monoisotopic (exact) mass is 480 g/mol. The summed E-state index contributed by atoms with van der Waals surface area (Å²) in [6.07, 6.45) is 2.20. The van der Waals surface area contributed by atoms with Crippen LogP contribution in [-0.2, 0) is 20.9 Å². The second kappa shape index (κ2) is 15.3. The van der Waals surface area contributed by atoms with Crippen LogP contribution in [0, 0.1) is 0 Å². The van der Waals surface area contributed by atoms with Gasteiger partial charge in [-0.05, 0) is 63.0 Å². The molecule has 0 saturated carbocycles. The largest absolute Gasteiger partial charge is 0.490 e. The Morgan fingerprint density at radius 3 is 2.29 bits per heavy atom. The summed E-state index contributed by atoms with van der Waals surface area (Å²) in [6, 6.07) is 6.27. The van der Waals surface area contributed by atoms with Gasteiger partial charge in [0.2, 0.25) is 0 Å². The van der Waals surface area contributed by atoms with Crippen molar-refractivity contribution >= 4 is 11.9 Å². The van der Waals surface area contributed by atoms with Gasteiger partial charge < -0.3 is 29.7 Å². The van der Waals surface area contributed by atoms with Crippen LogP contribution < -0.4 is 14.8 Å². The normalized spacial score (nSPS) is 16.8. The molecule has 192 valence electrons. The van der Waals surface area contributed by atoms with Crippen LogP contribution in [0.25, 0.3) is 0 Å². The van der Waals surface area contributed by atoms with Gasteiger partial charge in [-0.2, -0.15) is 0 Å². The Labute approximate surface area is 202 Å². The van der Waals surface area contributed by atoms with Crippen LogP contribution in [0.3, 0.4) is 0 Å². The number of rotatable bonds is 7. The second-order valence-corrected chi connectivity index (χ2v) is 8.49. The van der Waals surface area contributed by atoms with E-state index in [2.05, 4.69) is 28.9 Å². The maximum atomic E-state index is 9.00. The number of carboxylic acids is 2. The number of hydrogen-bond acceptors (Lipinski definition) is 7. The smallest absolute Gasteiger partial charge is 0.300 e. The SMILES string of the molecule is C=C(C)COc1ccc(CN2CCOC3(CCNCC3)C2)cc1OCC.CC(=O)O.CC(=O)O. The van der Waals surface area contributed by atoms with E-state index in [9.17, 15) is 0 Å². The van der Waals surface area contributed by atoms with Gasteiger partial charge in [0.25, 0.3) is 11.9 Å². The minimum absolute atomic E-state index is 0.0385. The Kier molecular flexibility index (Phi) is 13.2. The van der Waals surface area contributed by atoms with Crippen molar-refractivity contribution in [1.29, 1.82) is 0 Å². The average molecular weight is 481 g/mol. The predicted molar refractivity (Wildman–Crippen MR) is 131 cm³/mol. The van der Waals surface area contributed by atoms with Crippen molar-refractivity contribution in [3.05, 3.63) is 35.9 Å². The van der Waals surface area contributed by atoms with Gasteiger partial charge in [0, 0.05) is 33.5 Å². The first kappa shape index (κ1) is 29.4. The molecule has 3 rings (SSSR count). The summed E-state index contributed by atoms with van der Waals surface area (Å²) in [5.74, 6) is -0.0634. The van der Waals surface area contributed by atoms with E-state index in [1.807, 2.05) is 19.9 Å². The lowest BCUT2D eigenvalue weighted by molar-refractivity contribution is -0.135. The predicted octanol–water partition coefficient (Wildman–Crippen LogP) is 3.18. The molecule has 0 radical (unpaired) electrons. The van der Waals surface area contributed by atoms with E-state index < -0.39 is 11.9 Å². The number of benzene rings is 1. The number of carboxylic acid groups (broad SMARTS) is 2. The van der Waals surface area contributed by atoms with E-state index in [-0.39, 0.29) is 5.60 Å². The number of hydrogen-bond donors (Lipinski definition) is 3. The third-order valence-electron chi connectivity index (χ3n) is 5.03. The highest BCUT2D eigenvalue weighted by molar-refractivity contribution is 5.63. The van der Waals surface area contributed by atoms with Crippen molar-refractivity contribution in [1.82, 2.24) is 10.2 Å². The molecular weight excluding hydrogens is 440 g/mol. The number of morpholine rings is 1. The average Bonchev–Trinajstić information content (AvgIpc) is 2.73. The summed E-state index contributed by atoms with van der Waals surface area (Å²) < 4.78 is 17.8. The minimum atomic E-state index is -0.833. The zero-order chi connectivity index (χ0) is 25.6. The Bertz CT molecular complexity index is 766. The third-order valence-corrected chi connectivity index (χ3v) is 5.03. The topological polar surface area (TPSA) is 118 Å².